The van der Waals surface area contributed by atoms with Crippen LogP contribution in [-0.4, -0.2) is 9.59 Å². The van der Waals surface area contributed by atoms with Crippen molar-refractivity contribution in [1.82, 2.24) is 9.59 Å². The number of halogens is 1. The first-order valence-electron chi connectivity index (χ1n) is 1.93. The molecule has 8 heavy (non-hydrogen) atoms. The second kappa shape index (κ2) is 3.31. The highest BCUT2D eigenvalue weighted by atomic mass is 127. The van der Waals surface area contributed by atoms with Gasteiger partial charge in [-0.25, -0.2) is 0 Å². The summed E-state index contributed by atoms with van der Waals surface area (Å²) in [5.41, 5.74) is 0. The monoisotopic (exact) mass is 242 g/mol. The molecule has 0 aromatic carbocycles. The highest BCUT2D eigenvalue weighted by Gasteiger charge is 1.91. The van der Waals surface area contributed by atoms with Crippen LogP contribution in [0.2, 0.25) is 0 Å². The minimum Gasteiger partial charge on any atom is -0.310 e. The highest BCUT2D eigenvalue weighted by molar-refractivity contribution is 14.1. The Kier molecular flexibility index (Phi) is 2.64. The molecule has 0 atom stereocenters. The van der Waals surface area contributed by atoms with Gasteiger partial charge in [0, 0.05) is 0 Å². The third-order valence-electron chi connectivity index (χ3n) is 0.604. The summed E-state index contributed by atoms with van der Waals surface area (Å²) in [6, 6.07) is 0. The van der Waals surface area contributed by atoms with E-state index in [-0.39, 0.29) is 0 Å². The molecule has 0 fully saturated rings. The number of hydrogen-bond acceptors (Lipinski definition) is 4. The average Bonchev–Trinajstić information content (AvgIpc) is 2.19. The maximum Gasteiger partial charge on any atom is 0.110 e. The van der Waals surface area contributed by atoms with Gasteiger partial charge in [0.2, 0.25) is 0 Å². The van der Waals surface area contributed by atoms with Crippen LogP contribution >= 0.6 is 34.5 Å². The van der Waals surface area contributed by atoms with Gasteiger partial charge in [-0.05, 0) is 11.5 Å². The van der Waals surface area contributed by atoms with E-state index in [1.165, 1.54) is 11.5 Å². The summed E-state index contributed by atoms with van der Waals surface area (Å²) < 4.78 is 8.44. The van der Waals surface area contributed by atoms with Crippen LogP contribution in [0, 0.1) is 0 Å². The summed E-state index contributed by atoms with van der Waals surface area (Å²) in [6.45, 7) is 0.609. The van der Waals surface area contributed by atoms with Gasteiger partial charge in [0.1, 0.15) is 23.0 Å². The maximum absolute atomic E-state index is 4.79. The van der Waals surface area contributed by atoms with Crippen molar-refractivity contribution in [1.29, 1.82) is 0 Å². The van der Waals surface area contributed by atoms with Gasteiger partial charge in [-0.1, -0.05) is 4.49 Å². The second-order valence-corrected chi connectivity index (χ2v) is 2.63. The van der Waals surface area contributed by atoms with Crippen LogP contribution in [0.4, 0.5) is 0 Å². The molecular weight excluding hydrogens is 239 g/mol. The van der Waals surface area contributed by atoms with E-state index >= 15 is 0 Å². The molecular formula is C3H3IN2OS. The maximum atomic E-state index is 4.79. The Hall–Kier alpha value is 0.250. The van der Waals surface area contributed by atoms with Crippen molar-refractivity contribution in [2.24, 2.45) is 0 Å². The Bertz CT molecular complexity index is 143. The third-order valence-corrected chi connectivity index (χ3v) is 1.55. The van der Waals surface area contributed by atoms with Gasteiger partial charge in [0.15, 0.2) is 0 Å². The van der Waals surface area contributed by atoms with E-state index < -0.39 is 0 Å². The largest absolute Gasteiger partial charge is 0.310 e. The Labute approximate surface area is 64.9 Å². The van der Waals surface area contributed by atoms with E-state index in [9.17, 15) is 0 Å². The van der Waals surface area contributed by atoms with Crippen molar-refractivity contribution in [3.63, 3.8) is 0 Å². The molecule has 0 unspecified atom stereocenters. The van der Waals surface area contributed by atoms with Crippen molar-refractivity contribution in [3.8, 4) is 0 Å². The van der Waals surface area contributed by atoms with E-state index in [1.807, 2.05) is 23.0 Å². The molecule has 1 rings (SSSR count). The molecule has 0 saturated heterocycles. The number of hydrogen-bond donors (Lipinski definition) is 0. The molecule has 0 aliphatic rings. The molecule has 1 aromatic rings. The van der Waals surface area contributed by atoms with Crippen molar-refractivity contribution in [3.05, 3.63) is 11.1 Å². The second-order valence-electron chi connectivity index (χ2n) is 1.14. The van der Waals surface area contributed by atoms with Gasteiger partial charge in [-0.3, -0.25) is 0 Å². The number of rotatable bonds is 2. The molecule has 0 amide bonds. The Morgan fingerprint density at radius 2 is 2.75 bits per heavy atom. The normalized spacial score (nSPS) is 9.62. The van der Waals surface area contributed by atoms with E-state index in [4.69, 9.17) is 3.07 Å². The van der Waals surface area contributed by atoms with Crippen LogP contribution in [0.5, 0.6) is 0 Å². The van der Waals surface area contributed by atoms with Gasteiger partial charge in [0.05, 0.1) is 17.7 Å². The van der Waals surface area contributed by atoms with E-state index in [0.29, 0.717) is 6.61 Å². The standard InChI is InChI=1S/C3H3IN2OS/c4-7-2-3-1-5-6-8-3/h1H,2H2. The first kappa shape index (κ1) is 6.37. The Morgan fingerprint density at radius 1 is 1.88 bits per heavy atom. The van der Waals surface area contributed by atoms with E-state index in [1.54, 1.807) is 6.20 Å². The fourth-order valence-corrected chi connectivity index (χ4v) is 1.26. The smallest absolute Gasteiger partial charge is 0.110 e. The lowest BCUT2D eigenvalue weighted by Crippen LogP contribution is -1.73. The van der Waals surface area contributed by atoms with Crippen LogP contribution < -0.4 is 0 Å². The number of nitrogens with zero attached hydrogens (tertiary/aromatic N) is 2. The predicted molar refractivity (Wildman–Crippen MR) is 38.7 cm³/mol. The molecule has 0 N–H and O–H groups in total. The van der Waals surface area contributed by atoms with Gasteiger partial charge in [-0.2, -0.15) is 0 Å². The van der Waals surface area contributed by atoms with Crippen molar-refractivity contribution < 1.29 is 3.07 Å². The lowest BCUT2D eigenvalue weighted by molar-refractivity contribution is 0.423. The Balaban J connectivity index is 2.50. The SMILES string of the molecule is IOCc1cnns1. The summed E-state index contributed by atoms with van der Waals surface area (Å²) >= 11 is 3.20. The van der Waals surface area contributed by atoms with Crippen molar-refractivity contribution in [2.75, 3.05) is 0 Å². The fourth-order valence-electron chi connectivity index (χ4n) is 0.305. The molecule has 44 valence electrons. The van der Waals surface area contributed by atoms with Gasteiger partial charge < -0.3 is 3.07 Å². The zero-order chi connectivity index (χ0) is 5.82. The van der Waals surface area contributed by atoms with Crippen LogP contribution in [0.3, 0.4) is 0 Å². The highest BCUT2D eigenvalue weighted by Crippen LogP contribution is 2.04. The topological polar surface area (TPSA) is 35.0 Å². The average molecular weight is 242 g/mol. The minimum absolute atomic E-state index is 0.609. The molecule has 0 aliphatic carbocycles. The molecule has 1 aromatic heterocycles. The third kappa shape index (κ3) is 1.64. The Morgan fingerprint density at radius 3 is 3.25 bits per heavy atom. The predicted octanol–water partition coefficient (Wildman–Crippen LogP) is 1.40. The van der Waals surface area contributed by atoms with Gasteiger partial charge in [-0.15, -0.1) is 5.10 Å². The van der Waals surface area contributed by atoms with E-state index in [2.05, 4.69) is 9.59 Å². The lowest BCUT2D eigenvalue weighted by Gasteiger charge is -1.83. The van der Waals surface area contributed by atoms with Gasteiger partial charge >= 0.3 is 0 Å². The molecule has 0 aliphatic heterocycles. The summed E-state index contributed by atoms with van der Waals surface area (Å²) in [5.74, 6) is 0. The van der Waals surface area contributed by atoms with E-state index in [0.717, 1.165) is 4.88 Å². The van der Waals surface area contributed by atoms with Crippen molar-refractivity contribution in [2.45, 2.75) is 6.61 Å². The fraction of sp³-hybridized carbons (Fsp3) is 0.333. The first-order valence-corrected chi connectivity index (χ1v) is 3.58. The molecule has 0 bridgehead atoms. The lowest BCUT2D eigenvalue weighted by atomic mass is 10.6. The minimum atomic E-state index is 0.609. The summed E-state index contributed by atoms with van der Waals surface area (Å²) in [5, 5.41) is 3.63. The van der Waals surface area contributed by atoms with Crippen LogP contribution in [0.1, 0.15) is 4.88 Å². The van der Waals surface area contributed by atoms with Crippen molar-refractivity contribution >= 4 is 34.5 Å². The summed E-state index contributed by atoms with van der Waals surface area (Å²) in [4.78, 5) is 1.06. The van der Waals surface area contributed by atoms with Gasteiger partial charge in [0.25, 0.3) is 0 Å². The molecule has 0 saturated carbocycles. The quantitative estimate of drug-likeness (QED) is 0.735. The molecule has 0 spiro atoms. The molecule has 5 heteroatoms. The van der Waals surface area contributed by atoms with Crippen LogP contribution in [0.15, 0.2) is 6.20 Å². The van der Waals surface area contributed by atoms with Crippen LogP contribution in [-0.2, 0) is 9.67 Å². The van der Waals surface area contributed by atoms with Crippen LogP contribution in [0.25, 0.3) is 0 Å². The summed E-state index contributed by atoms with van der Waals surface area (Å²) in [6.07, 6.45) is 1.70. The first-order chi connectivity index (χ1) is 3.93. The zero-order valence-electron chi connectivity index (χ0n) is 3.87. The number of aromatic nitrogens is 2. The summed E-state index contributed by atoms with van der Waals surface area (Å²) in [7, 11) is 0. The zero-order valence-corrected chi connectivity index (χ0v) is 6.85. The molecule has 3 nitrogen and oxygen atoms in total. The molecule has 0 radical (unpaired) electrons. The molecule has 1 heterocycles.